The van der Waals surface area contributed by atoms with E-state index in [1.807, 2.05) is 0 Å². The molecule has 0 saturated carbocycles. The summed E-state index contributed by atoms with van der Waals surface area (Å²) in [5.74, 6) is 0. The zero-order chi connectivity index (χ0) is 2.00. The molecule has 0 unspecified atom stereocenters. The molecule has 4 heavy (non-hydrogen) atoms. The molecule has 0 aromatic heterocycles. The largest absolute Gasteiger partial charge is 1.00 e. The molecule has 0 aliphatic carbocycles. The quantitative estimate of drug-likeness (QED) is 0.271. The molecule has 0 amide bonds. The molecule has 0 fully saturated rings. The van der Waals surface area contributed by atoms with Gasteiger partial charge in [-0.3, -0.25) is 0 Å². The van der Waals surface area contributed by atoms with Gasteiger partial charge in [-0.2, -0.15) is 4.91 Å². The van der Waals surface area contributed by atoms with Gasteiger partial charge in [0, 0.05) is 17.1 Å². The summed E-state index contributed by atoms with van der Waals surface area (Å²) in [6.07, 6.45) is 0. The first-order valence-corrected chi connectivity index (χ1v) is 0.204. The third-order valence-electron chi connectivity index (χ3n) is 0. The maximum atomic E-state index is 7.50. The Morgan fingerprint density at radius 3 is 1.50 bits per heavy atom. The van der Waals surface area contributed by atoms with E-state index in [4.69, 9.17) is 4.91 Å². The average molecular weight is 111 g/mol. The summed E-state index contributed by atoms with van der Waals surface area (Å²) >= 11 is 0. The fourth-order valence-electron chi connectivity index (χ4n) is 0. The van der Waals surface area contributed by atoms with Crippen molar-refractivity contribution in [1.82, 2.24) is 0 Å². The predicted octanol–water partition coefficient (Wildman–Crippen LogP) is -2.55. The number of nitrogens with one attached hydrogen (secondary N) is 1. The molecule has 0 aromatic rings. The van der Waals surface area contributed by atoms with Crippen LogP contribution in [0.15, 0.2) is 0 Å². The number of hydrogen-bond acceptors (Lipinski definition) is 2. The Kier molecular flexibility index (Phi) is 155. The molecule has 0 radical (unpaired) electrons. The van der Waals surface area contributed by atoms with Crippen LogP contribution in [0.5, 0.6) is 0 Å². The molecule has 1 N–H and O–H groups in total. The summed E-state index contributed by atoms with van der Waals surface area (Å²) in [5.41, 5.74) is 4.50. The number of rotatable bonds is 0. The Hall–Kier alpha value is 1.12. The van der Waals surface area contributed by atoms with Gasteiger partial charge < -0.3 is 1.43 Å². The summed E-state index contributed by atoms with van der Waals surface area (Å²) in [6.45, 7) is 0. The second kappa shape index (κ2) is 32.0. The van der Waals surface area contributed by atoms with Crippen LogP contribution in [0.4, 0.5) is 0 Å². The van der Waals surface area contributed by atoms with Crippen LogP contribution < -0.4 is 29.6 Å². The van der Waals surface area contributed by atoms with Gasteiger partial charge in [-0.05, 0) is 0 Å². The smallest absolute Gasteiger partial charge is 1.00 e. The van der Waals surface area contributed by atoms with E-state index in [0.29, 0.717) is 0 Å². The van der Waals surface area contributed by atoms with Gasteiger partial charge in [-0.1, -0.05) is 5.59 Å². The van der Waals surface area contributed by atoms with Crippen LogP contribution in [-0.2, 0) is 17.1 Å². The van der Waals surface area contributed by atoms with Crippen molar-refractivity contribution in [1.29, 1.82) is 5.59 Å². The molecular weight excluding hydrogens is 109 g/mol. The normalized spacial score (nSPS) is 1.00. The second-order valence-electron chi connectivity index (χ2n) is 0. The molecule has 0 aliphatic heterocycles. The van der Waals surface area contributed by atoms with E-state index in [1.165, 1.54) is 0 Å². The minimum atomic E-state index is 0. The van der Waals surface area contributed by atoms with Gasteiger partial charge in [-0.25, -0.2) is 0 Å². The molecule has 22 valence electrons. The van der Waals surface area contributed by atoms with E-state index in [9.17, 15) is 0 Å². The zero-order valence-electron chi connectivity index (χ0n) is 3.26. The van der Waals surface area contributed by atoms with Crippen LogP contribution in [0.1, 0.15) is 1.43 Å². The SMILES string of the molecule is N=O.[Fe].[H-].[Na+]. The molecule has 0 atom stereocenters. The molecular formula is H2FeNNaO. The van der Waals surface area contributed by atoms with Crippen LogP contribution in [-0.4, -0.2) is 0 Å². The van der Waals surface area contributed by atoms with Crippen LogP contribution in [0.3, 0.4) is 0 Å². The average Bonchev–Trinajstić information content (AvgIpc) is 1.00. The van der Waals surface area contributed by atoms with Crippen molar-refractivity contribution in [2.24, 2.45) is 0 Å². The van der Waals surface area contributed by atoms with E-state index in [0.717, 1.165) is 0 Å². The van der Waals surface area contributed by atoms with Crippen molar-refractivity contribution in [2.75, 3.05) is 0 Å². The Labute approximate surface area is 58.4 Å². The molecule has 0 rings (SSSR count). The molecule has 0 aliphatic rings. The van der Waals surface area contributed by atoms with E-state index in [-0.39, 0.29) is 48.1 Å². The third-order valence-corrected chi connectivity index (χ3v) is 0. The van der Waals surface area contributed by atoms with Crippen molar-refractivity contribution in [3.63, 3.8) is 0 Å². The van der Waals surface area contributed by atoms with Crippen molar-refractivity contribution in [2.45, 2.75) is 0 Å². The van der Waals surface area contributed by atoms with Crippen molar-refractivity contribution in [3.8, 4) is 0 Å². The molecule has 0 heterocycles. The summed E-state index contributed by atoms with van der Waals surface area (Å²) in [5, 5.41) is 0. The van der Waals surface area contributed by atoms with Crippen molar-refractivity contribution >= 4 is 0 Å². The van der Waals surface area contributed by atoms with Crippen molar-refractivity contribution < 1.29 is 48.1 Å². The van der Waals surface area contributed by atoms with E-state index in [1.54, 1.807) is 0 Å². The van der Waals surface area contributed by atoms with Crippen molar-refractivity contribution in [3.05, 3.63) is 4.91 Å². The Bertz CT molecular complexity index is 11.6. The summed E-state index contributed by atoms with van der Waals surface area (Å²) in [7, 11) is 0. The van der Waals surface area contributed by atoms with Gasteiger partial charge in [-0.15, -0.1) is 0 Å². The van der Waals surface area contributed by atoms with Gasteiger partial charge in [0.1, 0.15) is 0 Å². The summed E-state index contributed by atoms with van der Waals surface area (Å²) in [4.78, 5) is 7.50. The van der Waals surface area contributed by atoms with E-state index >= 15 is 0 Å². The Morgan fingerprint density at radius 1 is 1.50 bits per heavy atom. The molecule has 0 bridgehead atoms. The van der Waals surface area contributed by atoms with Crippen LogP contribution in [0.2, 0.25) is 0 Å². The predicted molar refractivity (Wildman–Crippen MR) is 7.20 cm³/mol. The Balaban J connectivity index is -0.00000000167. The minimum absolute atomic E-state index is 0. The second-order valence-corrected chi connectivity index (χ2v) is 0. The maximum absolute atomic E-state index is 7.50. The van der Waals surface area contributed by atoms with E-state index in [2.05, 4.69) is 5.59 Å². The summed E-state index contributed by atoms with van der Waals surface area (Å²) in [6, 6.07) is 0. The minimum Gasteiger partial charge on any atom is -1.00 e. The standard InChI is InChI=1S/Fe.HNO.Na.H/c;1-2;;/h;1H;;/q;;+1;-1. The van der Waals surface area contributed by atoms with Gasteiger partial charge in [0.2, 0.25) is 0 Å². The molecule has 0 aromatic carbocycles. The number of nitroso groups, excluding NO2 is 1. The van der Waals surface area contributed by atoms with Gasteiger partial charge in [0.25, 0.3) is 0 Å². The molecule has 4 heteroatoms. The van der Waals surface area contributed by atoms with Crippen LogP contribution >= 0.6 is 0 Å². The number of hydrogen-bond donors (Lipinski definition) is 1. The first kappa shape index (κ1) is 19.3. The van der Waals surface area contributed by atoms with Crippen LogP contribution in [0.25, 0.3) is 0 Å². The fraction of sp³-hybridized carbons (Fsp3) is 0. The van der Waals surface area contributed by atoms with Gasteiger partial charge >= 0.3 is 29.6 Å². The maximum Gasteiger partial charge on any atom is 1.00 e. The molecule has 0 saturated heterocycles. The summed E-state index contributed by atoms with van der Waals surface area (Å²) < 4.78 is 0. The van der Waals surface area contributed by atoms with Gasteiger partial charge in [0.05, 0.1) is 0 Å². The Morgan fingerprint density at radius 2 is 1.50 bits per heavy atom. The first-order chi connectivity index (χ1) is 1.00. The fourth-order valence-corrected chi connectivity index (χ4v) is 0. The molecule has 0 spiro atoms. The van der Waals surface area contributed by atoms with Crippen LogP contribution in [0, 0.1) is 10.5 Å². The monoisotopic (exact) mass is 111 g/mol. The van der Waals surface area contributed by atoms with Gasteiger partial charge in [0.15, 0.2) is 0 Å². The first-order valence-electron chi connectivity index (χ1n) is 0.204. The van der Waals surface area contributed by atoms with E-state index < -0.39 is 0 Å². The molecule has 2 nitrogen and oxygen atoms in total. The third kappa shape index (κ3) is 11.2. The zero-order valence-corrected chi connectivity index (χ0v) is 5.37. The topological polar surface area (TPSA) is 40.9 Å².